The summed E-state index contributed by atoms with van der Waals surface area (Å²) in [5.74, 6) is -0.0318. The summed E-state index contributed by atoms with van der Waals surface area (Å²) in [4.78, 5) is 12.3. The lowest BCUT2D eigenvalue weighted by molar-refractivity contribution is -0.115. The maximum absolute atomic E-state index is 12.6. The lowest BCUT2D eigenvalue weighted by Crippen LogP contribution is -2.37. The molecule has 0 bridgehead atoms. The van der Waals surface area contributed by atoms with Crippen molar-refractivity contribution in [3.05, 3.63) is 58.6 Å². The molecule has 1 aliphatic rings. The molecule has 27 heavy (non-hydrogen) atoms. The summed E-state index contributed by atoms with van der Waals surface area (Å²) in [6.45, 7) is 2.34. The van der Waals surface area contributed by atoms with Crippen molar-refractivity contribution in [2.75, 3.05) is 21.9 Å². The van der Waals surface area contributed by atoms with Gasteiger partial charge in [0.2, 0.25) is 15.9 Å². The van der Waals surface area contributed by atoms with E-state index < -0.39 is 10.0 Å². The quantitative estimate of drug-likeness (QED) is 0.788. The summed E-state index contributed by atoms with van der Waals surface area (Å²) in [5.41, 5.74) is 3.14. The molecular formula is C20H23ClN2O3S. The molecule has 0 saturated heterocycles. The van der Waals surface area contributed by atoms with E-state index in [1.54, 1.807) is 18.2 Å². The molecule has 0 fully saturated rings. The topological polar surface area (TPSA) is 66.5 Å². The molecule has 144 valence electrons. The monoisotopic (exact) mass is 406 g/mol. The van der Waals surface area contributed by atoms with Gasteiger partial charge in [-0.15, -0.1) is 0 Å². The number of halogens is 1. The first-order chi connectivity index (χ1) is 12.9. The van der Waals surface area contributed by atoms with Crippen LogP contribution in [0.2, 0.25) is 5.02 Å². The van der Waals surface area contributed by atoms with Gasteiger partial charge in [-0.2, -0.15) is 0 Å². The molecule has 0 unspecified atom stereocenters. The number of hydrogen-bond acceptors (Lipinski definition) is 3. The Hall–Kier alpha value is -2.05. The normalized spacial score (nSPS) is 13.9. The van der Waals surface area contributed by atoms with Gasteiger partial charge >= 0.3 is 0 Å². The molecule has 2 aromatic carbocycles. The third-order valence-corrected chi connectivity index (χ3v) is 6.75. The first kappa shape index (κ1) is 19.7. The van der Waals surface area contributed by atoms with Crippen LogP contribution in [0.1, 0.15) is 30.9 Å². The number of benzene rings is 2. The second-order valence-electron chi connectivity index (χ2n) is 6.69. The molecule has 1 amide bonds. The summed E-state index contributed by atoms with van der Waals surface area (Å²) in [6.07, 6.45) is 2.45. The predicted molar refractivity (Wildman–Crippen MR) is 110 cm³/mol. The number of hydrogen-bond donors (Lipinski definition) is 1. The van der Waals surface area contributed by atoms with E-state index in [0.29, 0.717) is 29.4 Å². The number of rotatable bonds is 6. The fourth-order valence-corrected chi connectivity index (χ4v) is 5.01. The van der Waals surface area contributed by atoms with E-state index in [1.807, 2.05) is 31.2 Å². The predicted octanol–water partition coefficient (Wildman–Crippen LogP) is 4.01. The maximum Gasteiger partial charge on any atom is 0.235 e. The van der Waals surface area contributed by atoms with Crippen LogP contribution in [0.25, 0.3) is 0 Å². The van der Waals surface area contributed by atoms with Crippen LogP contribution < -0.4 is 9.62 Å². The fraction of sp³-hybridized carbons (Fsp3) is 0.350. The Labute approximate surface area is 165 Å². The number of carbonyl (C=O) groups is 1. The third-order valence-electron chi connectivity index (χ3n) is 4.52. The minimum atomic E-state index is -3.34. The van der Waals surface area contributed by atoms with Crippen LogP contribution in [0.3, 0.4) is 0 Å². The Balaban J connectivity index is 1.78. The van der Waals surface area contributed by atoms with E-state index in [2.05, 4.69) is 5.32 Å². The van der Waals surface area contributed by atoms with Crippen LogP contribution in [0, 0.1) is 0 Å². The number of sulfonamides is 1. The molecule has 7 heteroatoms. The van der Waals surface area contributed by atoms with E-state index in [1.165, 1.54) is 4.31 Å². The highest BCUT2D eigenvalue weighted by molar-refractivity contribution is 7.92. The van der Waals surface area contributed by atoms with E-state index in [0.717, 1.165) is 24.0 Å². The molecule has 0 aliphatic carbocycles. The SMILES string of the molecule is CCCS(=O)(=O)N1CCCc2ccc(NC(=O)Cc3ccc(Cl)cc3)cc21. The standard InChI is InChI=1S/C20H23ClN2O3S/c1-2-12-27(25,26)23-11-3-4-16-7-10-18(14-19(16)23)22-20(24)13-15-5-8-17(21)9-6-15/h5-10,14H,2-4,11-13H2,1H3,(H,22,24). The highest BCUT2D eigenvalue weighted by atomic mass is 35.5. The van der Waals surface area contributed by atoms with E-state index >= 15 is 0 Å². The average molecular weight is 407 g/mol. The number of aryl methyl sites for hydroxylation is 1. The van der Waals surface area contributed by atoms with Crippen LogP contribution in [0.5, 0.6) is 0 Å². The minimum absolute atomic E-state index is 0.125. The minimum Gasteiger partial charge on any atom is -0.326 e. The van der Waals surface area contributed by atoms with Crippen LogP contribution >= 0.6 is 11.6 Å². The zero-order valence-electron chi connectivity index (χ0n) is 15.2. The Morgan fingerprint density at radius 1 is 1.19 bits per heavy atom. The zero-order valence-corrected chi connectivity index (χ0v) is 16.8. The van der Waals surface area contributed by atoms with Gasteiger partial charge in [-0.3, -0.25) is 9.10 Å². The second kappa shape index (κ2) is 8.31. The van der Waals surface area contributed by atoms with Crippen molar-refractivity contribution in [3.8, 4) is 0 Å². The number of nitrogens with zero attached hydrogens (tertiary/aromatic N) is 1. The summed E-state index contributed by atoms with van der Waals surface area (Å²) < 4.78 is 26.6. The summed E-state index contributed by atoms with van der Waals surface area (Å²) in [5, 5.41) is 3.49. The molecule has 1 heterocycles. The lowest BCUT2D eigenvalue weighted by atomic mass is 10.0. The van der Waals surface area contributed by atoms with Crippen molar-refractivity contribution < 1.29 is 13.2 Å². The van der Waals surface area contributed by atoms with Crippen molar-refractivity contribution in [2.45, 2.75) is 32.6 Å². The van der Waals surface area contributed by atoms with Crippen molar-refractivity contribution >= 4 is 38.9 Å². The molecule has 0 radical (unpaired) electrons. The van der Waals surface area contributed by atoms with Gasteiger partial charge in [0.1, 0.15) is 0 Å². The Kier molecular flexibility index (Phi) is 6.07. The number of amides is 1. The molecule has 0 atom stereocenters. The first-order valence-corrected chi connectivity index (χ1v) is 11.1. The van der Waals surface area contributed by atoms with E-state index in [-0.39, 0.29) is 18.1 Å². The molecule has 2 aromatic rings. The fourth-order valence-electron chi connectivity index (χ4n) is 3.27. The summed E-state index contributed by atoms with van der Waals surface area (Å²) >= 11 is 5.86. The van der Waals surface area contributed by atoms with Gasteiger partial charge in [-0.25, -0.2) is 8.42 Å². The molecule has 0 spiro atoms. The van der Waals surface area contributed by atoms with Gasteiger partial charge in [0.05, 0.1) is 17.9 Å². The van der Waals surface area contributed by atoms with E-state index in [9.17, 15) is 13.2 Å². The van der Waals surface area contributed by atoms with Crippen LogP contribution in [0.4, 0.5) is 11.4 Å². The van der Waals surface area contributed by atoms with Crippen molar-refractivity contribution in [1.82, 2.24) is 0 Å². The summed E-state index contributed by atoms with van der Waals surface area (Å²) in [7, 11) is -3.34. The number of anilines is 2. The molecule has 0 aromatic heterocycles. The largest absolute Gasteiger partial charge is 0.326 e. The highest BCUT2D eigenvalue weighted by Crippen LogP contribution is 2.32. The average Bonchev–Trinajstić information content (AvgIpc) is 2.63. The lowest BCUT2D eigenvalue weighted by Gasteiger charge is -2.31. The number of fused-ring (bicyclic) bond motifs is 1. The molecular weight excluding hydrogens is 384 g/mol. The van der Waals surface area contributed by atoms with Gasteiger partial charge in [0.25, 0.3) is 0 Å². The Morgan fingerprint density at radius 2 is 1.93 bits per heavy atom. The van der Waals surface area contributed by atoms with Crippen LogP contribution in [-0.2, 0) is 27.7 Å². The van der Waals surface area contributed by atoms with Gasteiger partial charge < -0.3 is 5.32 Å². The zero-order chi connectivity index (χ0) is 19.4. The Bertz CT molecular complexity index is 927. The first-order valence-electron chi connectivity index (χ1n) is 9.06. The van der Waals surface area contributed by atoms with Gasteiger partial charge in [0, 0.05) is 17.3 Å². The third kappa shape index (κ3) is 4.82. The van der Waals surface area contributed by atoms with E-state index in [4.69, 9.17) is 11.6 Å². The Morgan fingerprint density at radius 3 is 2.63 bits per heavy atom. The summed E-state index contributed by atoms with van der Waals surface area (Å²) in [6, 6.07) is 12.6. The van der Waals surface area contributed by atoms with Crippen molar-refractivity contribution in [2.24, 2.45) is 0 Å². The van der Waals surface area contributed by atoms with Gasteiger partial charge in [-0.1, -0.05) is 36.7 Å². The maximum atomic E-state index is 12.6. The molecule has 1 aliphatic heterocycles. The number of carbonyl (C=O) groups excluding carboxylic acids is 1. The van der Waals surface area contributed by atoms with Crippen molar-refractivity contribution in [1.29, 1.82) is 0 Å². The highest BCUT2D eigenvalue weighted by Gasteiger charge is 2.27. The number of nitrogens with one attached hydrogen (secondary N) is 1. The van der Waals surface area contributed by atoms with Gasteiger partial charge in [-0.05, 0) is 54.7 Å². The molecule has 3 rings (SSSR count). The molecule has 5 nitrogen and oxygen atoms in total. The molecule has 1 N–H and O–H groups in total. The van der Waals surface area contributed by atoms with Crippen LogP contribution in [-0.4, -0.2) is 26.6 Å². The smallest absolute Gasteiger partial charge is 0.235 e. The molecule has 0 saturated carbocycles. The van der Waals surface area contributed by atoms with Crippen molar-refractivity contribution in [3.63, 3.8) is 0 Å². The second-order valence-corrected chi connectivity index (χ2v) is 9.14. The van der Waals surface area contributed by atoms with Crippen LogP contribution in [0.15, 0.2) is 42.5 Å². The van der Waals surface area contributed by atoms with Gasteiger partial charge in [0.15, 0.2) is 0 Å².